The van der Waals surface area contributed by atoms with E-state index in [0.29, 0.717) is 17.8 Å². The molecule has 0 radical (unpaired) electrons. The van der Waals surface area contributed by atoms with Crippen LogP contribution in [0.5, 0.6) is 0 Å². The number of allylic oxidation sites excluding steroid dienone is 1. The molecule has 3 rings (SSSR count). The molecule has 2 aromatic carbocycles. The zero-order valence-electron chi connectivity index (χ0n) is 17.8. The summed E-state index contributed by atoms with van der Waals surface area (Å²) in [7, 11) is 13.4. The summed E-state index contributed by atoms with van der Waals surface area (Å²) in [6.45, 7) is 13.7. The Morgan fingerprint density at radius 3 is 2.07 bits per heavy atom. The fraction of sp³-hybridized carbons (Fsp3) is 0.440. The van der Waals surface area contributed by atoms with Crippen molar-refractivity contribution >= 4 is 23.1 Å². The summed E-state index contributed by atoms with van der Waals surface area (Å²) in [5.41, 5.74) is 9.80. The van der Waals surface area contributed by atoms with Gasteiger partial charge in [0.05, 0.1) is 0 Å². The van der Waals surface area contributed by atoms with Crippen LogP contribution in [0.3, 0.4) is 0 Å². The molecule has 0 N–H and O–H groups in total. The monoisotopic (exact) mass is 491 g/mol. The summed E-state index contributed by atoms with van der Waals surface area (Å²) in [5, 5.41) is 0. The standard InChI is InChI=1S/C25H31.2ClH.Zr/c1-16(2)13-19-14-20-11-12-22(18(5)6)25(24(20)15-19)23-10-8-7-9-21(23)17(3)4;;;/h7-12,14-18H,13H2,1-6H3;2*1H;/q;;;+2/p-2. The molecule has 0 spiro atoms. The molecule has 1 atom stereocenters. The van der Waals surface area contributed by atoms with E-state index < -0.39 is 19.4 Å². The topological polar surface area (TPSA) is 0 Å². The molecule has 0 aromatic heterocycles. The molecule has 1 aliphatic carbocycles. The molecule has 1 aliphatic rings. The number of fused-ring (bicyclic) bond motifs is 1. The van der Waals surface area contributed by atoms with Crippen molar-refractivity contribution in [1.82, 2.24) is 0 Å². The van der Waals surface area contributed by atoms with E-state index in [9.17, 15) is 0 Å². The Labute approximate surface area is 186 Å². The Hall–Kier alpha value is -0.357. The number of hydrogen-bond donors (Lipinski definition) is 0. The van der Waals surface area contributed by atoms with Crippen LogP contribution in [0.2, 0.25) is 0 Å². The summed E-state index contributed by atoms with van der Waals surface area (Å²) >= 11 is -2.50. The minimum absolute atomic E-state index is 0.286. The summed E-state index contributed by atoms with van der Waals surface area (Å²) in [5.74, 6) is 1.55. The molecule has 0 saturated carbocycles. The van der Waals surface area contributed by atoms with Gasteiger partial charge in [-0.3, -0.25) is 0 Å². The van der Waals surface area contributed by atoms with Gasteiger partial charge in [-0.2, -0.15) is 0 Å². The zero-order valence-corrected chi connectivity index (χ0v) is 21.8. The maximum atomic E-state index is 6.69. The average Bonchev–Trinajstić information content (AvgIpc) is 2.97. The van der Waals surface area contributed by atoms with Gasteiger partial charge < -0.3 is 0 Å². The Bertz CT molecular complexity index is 878. The van der Waals surface area contributed by atoms with E-state index in [-0.39, 0.29) is 3.63 Å². The molecule has 0 amide bonds. The van der Waals surface area contributed by atoms with Crippen LogP contribution in [0, 0.1) is 5.92 Å². The second-order valence-electron chi connectivity index (χ2n) is 8.97. The molecule has 0 aliphatic heterocycles. The predicted octanol–water partition coefficient (Wildman–Crippen LogP) is 9.01. The van der Waals surface area contributed by atoms with Gasteiger partial charge in [0.15, 0.2) is 0 Å². The third-order valence-corrected chi connectivity index (χ3v) is 11.0. The van der Waals surface area contributed by atoms with Gasteiger partial charge >= 0.3 is 187 Å². The van der Waals surface area contributed by atoms with Crippen LogP contribution < -0.4 is 0 Å². The summed E-state index contributed by atoms with van der Waals surface area (Å²) in [4.78, 5) is 0. The van der Waals surface area contributed by atoms with Gasteiger partial charge in [-0.15, -0.1) is 0 Å². The third kappa shape index (κ3) is 4.38. The van der Waals surface area contributed by atoms with Gasteiger partial charge in [-0.25, -0.2) is 0 Å². The molecule has 28 heavy (non-hydrogen) atoms. The van der Waals surface area contributed by atoms with Crippen molar-refractivity contribution in [2.45, 2.75) is 63.4 Å². The zero-order chi connectivity index (χ0) is 20.6. The van der Waals surface area contributed by atoms with Gasteiger partial charge in [0.25, 0.3) is 0 Å². The van der Waals surface area contributed by atoms with Crippen LogP contribution >= 0.6 is 17.0 Å². The average molecular weight is 494 g/mol. The second-order valence-corrected chi connectivity index (χ2v) is 17.8. The normalized spacial score (nSPS) is 16.1. The number of rotatable bonds is 6. The van der Waals surface area contributed by atoms with E-state index in [4.69, 9.17) is 17.0 Å². The Balaban J connectivity index is 2.31. The van der Waals surface area contributed by atoms with Gasteiger partial charge in [0.1, 0.15) is 0 Å². The first kappa shape index (κ1) is 22.3. The fourth-order valence-corrected chi connectivity index (χ4v) is 9.87. The Morgan fingerprint density at radius 2 is 1.50 bits per heavy atom. The first-order chi connectivity index (χ1) is 13.2. The molecule has 0 heterocycles. The third-order valence-electron chi connectivity index (χ3n) is 5.66. The van der Waals surface area contributed by atoms with Crippen LogP contribution in [-0.4, -0.2) is 0 Å². The van der Waals surface area contributed by atoms with Gasteiger partial charge in [-0.05, 0) is 0 Å². The molecule has 3 heteroatoms. The Kier molecular flexibility index (Phi) is 7.34. The van der Waals surface area contributed by atoms with Crippen molar-refractivity contribution in [2.24, 2.45) is 5.92 Å². The molecule has 149 valence electrons. The van der Waals surface area contributed by atoms with Gasteiger partial charge in [0.2, 0.25) is 0 Å². The summed E-state index contributed by atoms with van der Waals surface area (Å²) in [6, 6.07) is 13.5. The molecule has 1 unspecified atom stereocenters. The van der Waals surface area contributed by atoms with Crippen molar-refractivity contribution in [3.05, 3.63) is 64.2 Å². The molecule has 0 nitrogen and oxygen atoms in total. The summed E-state index contributed by atoms with van der Waals surface area (Å²) < 4.78 is 0.286. The van der Waals surface area contributed by atoms with Crippen LogP contribution in [0.1, 0.15) is 85.7 Å². The molecule has 0 bridgehead atoms. The van der Waals surface area contributed by atoms with Crippen LogP contribution in [0.15, 0.2) is 42.0 Å². The number of hydrogen-bond acceptors (Lipinski definition) is 0. The van der Waals surface area contributed by atoms with Crippen LogP contribution in [0.25, 0.3) is 17.2 Å². The van der Waals surface area contributed by atoms with Gasteiger partial charge in [-0.1, -0.05) is 0 Å². The predicted molar refractivity (Wildman–Crippen MR) is 122 cm³/mol. The van der Waals surface area contributed by atoms with E-state index >= 15 is 0 Å². The van der Waals surface area contributed by atoms with Crippen LogP contribution in [-0.2, 0) is 19.4 Å². The van der Waals surface area contributed by atoms with Crippen molar-refractivity contribution < 1.29 is 19.4 Å². The number of halogens is 2. The van der Waals surface area contributed by atoms with Crippen LogP contribution in [0.4, 0.5) is 0 Å². The fourth-order valence-electron chi connectivity index (χ4n) is 4.44. The van der Waals surface area contributed by atoms with E-state index in [0.717, 1.165) is 6.42 Å². The first-order valence-corrected chi connectivity index (χ1v) is 18.1. The van der Waals surface area contributed by atoms with E-state index in [1.54, 1.807) is 0 Å². The van der Waals surface area contributed by atoms with E-state index in [2.05, 4.69) is 84.0 Å². The quantitative estimate of drug-likeness (QED) is 0.377. The van der Waals surface area contributed by atoms with E-state index in [1.807, 2.05) is 0 Å². The second kappa shape index (κ2) is 9.20. The minimum atomic E-state index is -2.50. The van der Waals surface area contributed by atoms with Crippen molar-refractivity contribution in [3.8, 4) is 11.1 Å². The molecule has 2 aromatic rings. The van der Waals surface area contributed by atoms with E-state index in [1.165, 1.54) is 39.0 Å². The molecular formula is C25H31Cl2Zr. The van der Waals surface area contributed by atoms with Crippen molar-refractivity contribution in [3.63, 3.8) is 0 Å². The molecule has 0 saturated heterocycles. The van der Waals surface area contributed by atoms with Crippen molar-refractivity contribution in [1.29, 1.82) is 0 Å². The Morgan fingerprint density at radius 1 is 0.857 bits per heavy atom. The first-order valence-electron chi connectivity index (χ1n) is 10.4. The SMILES string of the molecule is CC(C)CC1=Cc2c(ccc(C(C)C)c2-c2ccccc2C(C)C)[CH]1[Zr]([Cl])[Cl]. The summed E-state index contributed by atoms with van der Waals surface area (Å²) in [6.07, 6.45) is 3.51. The molecular weight excluding hydrogens is 462 g/mol. The van der Waals surface area contributed by atoms with Gasteiger partial charge in [0, 0.05) is 0 Å². The maximum absolute atomic E-state index is 6.69. The number of benzene rings is 2. The molecule has 0 fully saturated rings. The van der Waals surface area contributed by atoms with Crippen molar-refractivity contribution in [2.75, 3.05) is 0 Å².